The number of aromatic nitrogens is 2. The Labute approximate surface area is 199 Å². The zero-order valence-electron chi connectivity index (χ0n) is 20.1. The summed E-state index contributed by atoms with van der Waals surface area (Å²) in [4.78, 5) is 42.1. The largest absolute Gasteiger partial charge is 0.483 e. The van der Waals surface area contributed by atoms with Crippen LogP contribution in [0.3, 0.4) is 0 Å². The lowest BCUT2D eigenvalue weighted by Crippen LogP contribution is -2.43. The maximum atomic E-state index is 13.2. The molecular formula is C26H32N4O4. The zero-order chi connectivity index (χ0) is 24.8. The van der Waals surface area contributed by atoms with Crippen molar-refractivity contribution in [3.05, 3.63) is 86.1 Å². The molecular weight excluding hydrogens is 432 g/mol. The van der Waals surface area contributed by atoms with Crippen molar-refractivity contribution < 1.29 is 9.53 Å². The van der Waals surface area contributed by atoms with Gasteiger partial charge < -0.3 is 15.4 Å². The van der Waals surface area contributed by atoms with Crippen LogP contribution in [0.4, 0.5) is 11.5 Å². The fourth-order valence-corrected chi connectivity index (χ4v) is 3.81. The number of rotatable bonds is 9. The van der Waals surface area contributed by atoms with E-state index < -0.39 is 17.2 Å². The number of carbonyl (C=O) groups excluding carboxylic acids is 1. The summed E-state index contributed by atoms with van der Waals surface area (Å²) in [6, 6.07) is 15.2. The Balaban J connectivity index is 1.94. The number of aryl methyl sites for hydroxylation is 1. The van der Waals surface area contributed by atoms with Crippen LogP contribution in [-0.2, 0) is 11.3 Å². The Hall–Kier alpha value is -3.81. The number of anilines is 2. The second-order valence-electron chi connectivity index (χ2n) is 8.59. The van der Waals surface area contributed by atoms with Gasteiger partial charge in [-0.1, -0.05) is 63.2 Å². The zero-order valence-corrected chi connectivity index (χ0v) is 20.1. The van der Waals surface area contributed by atoms with Crippen LogP contribution in [-0.4, -0.2) is 28.6 Å². The average molecular weight is 465 g/mol. The van der Waals surface area contributed by atoms with Gasteiger partial charge in [-0.25, -0.2) is 4.79 Å². The molecule has 3 N–H and O–H groups in total. The number of nitrogen functional groups attached to an aromatic ring is 1. The van der Waals surface area contributed by atoms with Crippen LogP contribution in [0.2, 0.25) is 0 Å². The monoisotopic (exact) mass is 464 g/mol. The Morgan fingerprint density at radius 3 is 2.50 bits per heavy atom. The van der Waals surface area contributed by atoms with Crippen LogP contribution in [0, 0.1) is 6.92 Å². The molecule has 0 aliphatic rings. The molecule has 180 valence electrons. The highest BCUT2D eigenvalue weighted by Gasteiger charge is 2.24. The number of nitrogens with zero attached hydrogens (tertiary/aromatic N) is 2. The number of aromatic amines is 1. The van der Waals surface area contributed by atoms with Crippen LogP contribution in [0.15, 0.2) is 58.1 Å². The minimum Gasteiger partial charge on any atom is -0.483 e. The number of ether oxygens (including phenoxy) is 1. The summed E-state index contributed by atoms with van der Waals surface area (Å²) in [5.41, 5.74) is 7.78. The number of nitrogens with two attached hydrogens (primary N) is 1. The van der Waals surface area contributed by atoms with Gasteiger partial charge in [0, 0.05) is 6.54 Å². The van der Waals surface area contributed by atoms with Crippen molar-refractivity contribution in [2.75, 3.05) is 23.8 Å². The molecule has 0 bridgehead atoms. The molecule has 0 aliphatic heterocycles. The highest BCUT2D eigenvalue weighted by Crippen LogP contribution is 2.28. The van der Waals surface area contributed by atoms with E-state index in [1.165, 1.54) is 9.47 Å². The third kappa shape index (κ3) is 5.57. The van der Waals surface area contributed by atoms with Gasteiger partial charge >= 0.3 is 5.69 Å². The van der Waals surface area contributed by atoms with Crippen molar-refractivity contribution in [2.45, 2.75) is 46.6 Å². The minimum absolute atomic E-state index is 0.0423. The first-order valence-electron chi connectivity index (χ1n) is 11.4. The van der Waals surface area contributed by atoms with Gasteiger partial charge in [0.05, 0.1) is 6.54 Å². The molecule has 3 aromatic rings. The van der Waals surface area contributed by atoms with Gasteiger partial charge in [-0.15, -0.1) is 0 Å². The maximum Gasteiger partial charge on any atom is 0.330 e. The normalized spacial score (nSPS) is 11.0. The van der Waals surface area contributed by atoms with E-state index in [9.17, 15) is 14.4 Å². The van der Waals surface area contributed by atoms with Crippen LogP contribution in [0.5, 0.6) is 5.75 Å². The van der Waals surface area contributed by atoms with Crippen molar-refractivity contribution in [1.82, 2.24) is 9.55 Å². The summed E-state index contributed by atoms with van der Waals surface area (Å²) in [5, 5.41) is 0. The third-order valence-electron chi connectivity index (χ3n) is 5.56. The average Bonchev–Trinajstić information content (AvgIpc) is 2.80. The van der Waals surface area contributed by atoms with Gasteiger partial charge in [0.15, 0.2) is 12.3 Å². The number of nitrogens with one attached hydrogen (secondary N) is 1. The van der Waals surface area contributed by atoms with Gasteiger partial charge in [0.1, 0.15) is 11.6 Å². The molecule has 0 aliphatic carbocycles. The lowest BCUT2D eigenvalue weighted by molar-refractivity contribution is -0.120. The standard InChI is InChI=1S/C26H32N4O4/c1-5-13-29(22(31)16-34-21-14-18(4)11-12-20(21)17(2)3)23-24(27)30(26(33)28-25(23)32)15-19-9-7-6-8-10-19/h6-12,14,17H,5,13,15-16,27H2,1-4H3,(H,28,32,33). The van der Waals surface area contributed by atoms with E-state index in [0.29, 0.717) is 12.2 Å². The van der Waals surface area contributed by atoms with Crippen molar-refractivity contribution in [3.8, 4) is 5.75 Å². The van der Waals surface area contributed by atoms with Gasteiger partial charge in [0.25, 0.3) is 11.5 Å². The summed E-state index contributed by atoms with van der Waals surface area (Å²) in [6.45, 7) is 8.12. The molecule has 0 unspecified atom stereocenters. The summed E-state index contributed by atoms with van der Waals surface area (Å²) < 4.78 is 7.17. The van der Waals surface area contributed by atoms with Crippen LogP contribution in [0.25, 0.3) is 0 Å². The summed E-state index contributed by atoms with van der Waals surface area (Å²) in [5.74, 6) is 0.381. The number of amides is 1. The molecule has 0 atom stereocenters. The lowest BCUT2D eigenvalue weighted by atomic mass is 10.0. The van der Waals surface area contributed by atoms with Gasteiger partial charge in [-0.2, -0.15) is 0 Å². The van der Waals surface area contributed by atoms with E-state index in [-0.39, 0.29) is 37.1 Å². The van der Waals surface area contributed by atoms with Gasteiger partial charge in [0.2, 0.25) is 0 Å². The number of H-pyrrole nitrogens is 1. The predicted molar refractivity (Wildman–Crippen MR) is 135 cm³/mol. The molecule has 8 heteroatoms. The number of hydrogen-bond donors (Lipinski definition) is 2. The topological polar surface area (TPSA) is 110 Å². The maximum absolute atomic E-state index is 13.2. The first-order valence-corrected chi connectivity index (χ1v) is 11.4. The lowest BCUT2D eigenvalue weighted by Gasteiger charge is -2.24. The van der Waals surface area contributed by atoms with Crippen LogP contribution in [0.1, 0.15) is 49.8 Å². The Morgan fingerprint density at radius 1 is 1.15 bits per heavy atom. The molecule has 3 rings (SSSR count). The van der Waals surface area contributed by atoms with Crippen LogP contribution < -0.4 is 26.6 Å². The van der Waals surface area contributed by atoms with Crippen molar-refractivity contribution in [3.63, 3.8) is 0 Å². The predicted octanol–water partition coefficient (Wildman–Crippen LogP) is 3.42. The van der Waals surface area contributed by atoms with Crippen molar-refractivity contribution in [1.29, 1.82) is 0 Å². The quantitative estimate of drug-likeness (QED) is 0.504. The van der Waals surface area contributed by atoms with Crippen molar-refractivity contribution >= 4 is 17.4 Å². The molecule has 0 spiro atoms. The van der Waals surface area contributed by atoms with E-state index >= 15 is 0 Å². The van der Waals surface area contributed by atoms with Gasteiger partial charge in [-0.3, -0.25) is 19.1 Å². The number of carbonyl (C=O) groups is 1. The summed E-state index contributed by atoms with van der Waals surface area (Å²) >= 11 is 0. The summed E-state index contributed by atoms with van der Waals surface area (Å²) in [6.07, 6.45) is 0.587. The van der Waals surface area contributed by atoms with E-state index in [0.717, 1.165) is 16.7 Å². The second kappa shape index (κ2) is 10.9. The summed E-state index contributed by atoms with van der Waals surface area (Å²) in [7, 11) is 0. The third-order valence-corrected chi connectivity index (χ3v) is 5.56. The van der Waals surface area contributed by atoms with Crippen molar-refractivity contribution in [2.24, 2.45) is 0 Å². The molecule has 8 nitrogen and oxygen atoms in total. The minimum atomic E-state index is -0.702. The number of hydrogen-bond acceptors (Lipinski definition) is 5. The van der Waals surface area contributed by atoms with Gasteiger partial charge in [-0.05, 0) is 42.0 Å². The Kier molecular flexibility index (Phi) is 7.94. The second-order valence-corrected chi connectivity index (χ2v) is 8.59. The van der Waals surface area contributed by atoms with E-state index in [4.69, 9.17) is 10.5 Å². The molecule has 2 aromatic carbocycles. The smallest absolute Gasteiger partial charge is 0.330 e. The van der Waals surface area contributed by atoms with E-state index in [1.54, 1.807) is 0 Å². The molecule has 1 amide bonds. The molecule has 1 heterocycles. The molecule has 34 heavy (non-hydrogen) atoms. The highest BCUT2D eigenvalue weighted by molar-refractivity contribution is 5.96. The Morgan fingerprint density at radius 2 is 1.85 bits per heavy atom. The Bertz CT molecular complexity index is 1260. The van der Waals surface area contributed by atoms with E-state index in [2.05, 4.69) is 18.8 Å². The molecule has 0 saturated carbocycles. The SMILES string of the molecule is CCCN(C(=O)COc1cc(C)ccc1C(C)C)c1c(N)n(Cc2ccccc2)c(=O)[nH]c1=O. The highest BCUT2D eigenvalue weighted by atomic mass is 16.5. The molecule has 0 radical (unpaired) electrons. The fraction of sp³-hybridized carbons (Fsp3) is 0.346. The number of benzene rings is 2. The first kappa shape index (κ1) is 24.8. The first-order chi connectivity index (χ1) is 16.2. The fourth-order valence-electron chi connectivity index (χ4n) is 3.81. The van der Waals surface area contributed by atoms with E-state index in [1.807, 2.05) is 62.4 Å². The van der Waals surface area contributed by atoms with Crippen LogP contribution >= 0.6 is 0 Å². The molecule has 0 fully saturated rings. The molecule has 1 aromatic heterocycles. The molecule has 0 saturated heterocycles.